The maximum atomic E-state index is 11.7. The van der Waals surface area contributed by atoms with Crippen LogP contribution in [-0.4, -0.2) is 19.1 Å². The third-order valence-electron chi connectivity index (χ3n) is 3.24. The van der Waals surface area contributed by atoms with Crippen LogP contribution < -0.4 is 11.1 Å². The molecular weight excluding hydrogens is 228 g/mol. The molecule has 0 fully saturated rings. The van der Waals surface area contributed by atoms with Gasteiger partial charge in [-0.05, 0) is 17.5 Å². The molecule has 0 aliphatic carbocycles. The van der Waals surface area contributed by atoms with Crippen LogP contribution in [-0.2, 0) is 16.1 Å². The number of hydrogen-bond acceptors (Lipinski definition) is 4. The van der Waals surface area contributed by atoms with Crippen molar-refractivity contribution < 1.29 is 9.53 Å². The van der Waals surface area contributed by atoms with E-state index in [1.165, 1.54) is 7.11 Å². The number of anilines is 1. The molecular formula is C14H22N2O2. The van der Waals surface area contributed by atoms with Gasteiger partial charge in [0.15, 0.2) is 0 Å². The van der Waals surface area contributed by atoms with Gasteiger partial charge >= 0.3 is 5.97 Å². The van der Waals surface area contributed by atoms with Gasteiger partial charge in [-0.25, -0.2) is 0 Å². The summed E-state index contributed by atoms with van der Waals surface area (Å²) in [7, 11) is 1.41. The number of methoxy groups -OCH3 is 1. The lowest BCUT2D eigenvalue weighted by Crippen LogP contribution is -2.42. The average Bonchev–Trinajstić information content (AvgIpc) is 2.40. The first kappa shape index (κ1) is 14.5. The van der Waals surface area contributed by atoms with Crippen molar-refractivity contribution in [1.82, 2.24) is 5.32 Å². The fourth-order valence-corrected chi connectivity index (χ4v) is 1.79. The van der Waals surface area contributed by atoms with E-state index in [0.29, 0.717) is 6.54 Å². The molecule has 2 atom stereocenters. The Morgan fingerprint density at radius 1 is 1.44 bits per heavy atom. The Hall–Kier alpha value is -1.55. The molecule has 1 aromatic carbocycles. The van der Waals surface area contributed by atoms with Gasteiger partial charge in [-0.2, -0.15) is 0 Å². The Labute approximate surface area is 109 Å². The van der Waals surface area contributed by atoms with Crippen LogP contribution in [0, 0.1) is 5.92 Å². The minimum atomic E-state index is -0.292. The summed E-state index contributed by atoms with van der Waals surface area (Å²) in [5.41, 5.74) is 7.60. The molecule has 0 aromatic heterocycles. The molecule has 100 valence electrons. The van der Waals surface area contributed by atoms with Gasteiger partial charge in [-0.3, -0.25) is 10.1 Å². The van der Waals surface area contributed by atoms with Crippen molar-refractivity contribution in [3.8, 4) is 0 Å². The second-order valence-electron chi connectivity index (χ2n) is 4.47. The van der Waals surface area contributed by atoms with E-state index in [9.17, 15) is 4.79 Å². The van der Waals surface area contributed by atoms with Crippen LogP contribution in [0.4, 0.5) is 5.69 Å². The van der Waals surface area contributed by atoms with E-state index < -0.39 is 0 Å². The van der Waals surface area contributed by atoms with E-state index in [0.717, 1.165) is 17.7 Å². The highest BCUT2D eigenvalue weighted by molar-refractivity contribution is 5.76. The molecule has 0 saturated heterocycles. The van der Waals surface area contributed by atoms with Gasteiger partial charge in [0.2, 0.25) is 0 Å². The highest BCUT2D eigenvalue weighted by Gasteiger charge is 2.24. The number of nitrogens with one attached hydrogen (secondary N) is 1. The van der Waals surface area contributed by atoms with Crippen molar-refractivity contribution in [1.29, 1.82) is 0 Å². The number of benzene rings is 1. The maximum Gasteiger partial charge on any atom is 0.323 e. The monoisotopic (exact) mass is 250 g/mol. The number of esters is 1. The summed E-state index contributed by atoms with van der Waals surface area (Å²) in [4.78, 5) is 11.7. The molecule has 1 aromatic rings. The van der Waals surface area contributed by atoms with Crippen LogP contribution in [0.5, 0.6) is 0 Å². The van der Waals surface area contributed by atoms with Crippen molar-refractivity contribution in [2.45, 2.75) is 32.9 Å². The van der Waals surface area contributed by atoms with E-state index in [1.807, 2.05) is 31.2 Å². The van der Waals surface area contributed by atoms with Crippen molar-refractivity contribution >= 4 is 11.7 Å². The van der Waals surface area contributed by atoms with Gasteiger partial charge in [0.25, 0.3) is 0 Å². The van der Waals surface area contributed by atoms with Crippen LogP contribution in [0.3, 0.4) is 0 Å². The van der Waals surface area contributed by atoms with Gasteiger partial charge < -0.3 is 10.5 Å². The summed E-state index contributed by atoms with van der Waals surface area (Å²) in [5.74, 6) is 0.00115. The SMILES string of the molecule is CCC(C)C(NCc1ccccc1N)C(=O)OC. The minimum Gasteiger partial charge on any atom is -0.468 e. The molecule has 0 bridgehead atoms. The first-order valence-electron chi connectivity index (χ1n) is 6.24. The second kappa shape index (κ2) is 7.01. The Morgan fingerprint density at radius 2 is 2.11 bits per heavy atom. The molecule has 3 N–H and O–H groups in total. The number of ether oxygens (including phenoxy) is 1. The van der Waals surface area contributed by atoms with Crippen molar-refractivity contribution in [2.24, 2.45) is 5.92 Å². The molecule has 4 nitrogen and oxygen atoms in total. The highest BCUT2D eigenvalue weighted by atomic mass is 16.5. The minimum absolute atomic E-state index is 0.223. The Kier molecular flexibility index (Phi) is 5.65. The average molecular weight is 250 g/mol. The van der Waals surface area contributed by atoms with E-state index in [-0.39, 0.29) is 17.9 Å². The normalized spacial score (nSPS) is 13.9. The second-order valence-corrected chi connectivity index (χ2v) is 4.47. The smallest absolute Gasteiger partial charge is 0.323 e. The van der Waals surface area contributed by atoms with Crippen molar-refractivity contribution in [3.05, 3.63) is 29.8 Å². The third kappa shape index (κ3) is 3.74. The predicted molar refractivity (Wildman–Crippen MR) is 73.0 cm³/mol. The van der Waals surface area contributed by atoms with Gasteiger partial charge in [0.05, 0.1) is 7.11 Å². The molecule has 2 unspecified atom stereocenters. The molecule has 0 radical (unpaired) electrons. The number of para-hydroxylation sites is 1. The predicted octanol–water partition coefficient (Wildman–Crippen LogP) is 1.95. The lowest BCUT2D eigenvalue weighted by molar-refractivity contribution is -0.144. The summed E-state index contributed by atoms with van der Waals surface area (Å²) in [6, 6.07) is 7.34. The van der Waals surface area contributed by atoms with Gasteiger partial charge in [0, 0.05) is 12.2 Å². The van der Waals surface area contributed by atoms with Crippen LogP contribution >= 0.6 is 0 Å². The van der Waals surface area contributed by atoms with E-state index >= 15 is 0 Å². The van der Waals surface area contributed by atoms with Crippen molar-refractivity contribution in [3.63, 3.8) is 0 Å². The number of carbonyl (C=O) groups is 1. The van der Waals surface area contributed by atoms with E-state index in [2.05, 4.69) is 12.2 Å². The summed E-state index contributed by atoms with van der Waals surface area (Å²) in [5, 5.41) is 3.22. The van der Waals surface area contributed by atoms with Crippen LogP contribution in [0.15, 0.2) is 24.3 Å². The number of nitrogen functional groups attached to an aromatic ring is 1. The number of rotatable bonds is 6. The lowest BCUT2D eigenvalue weighted by Gasteiger charge is -2.22. The van der Waals surface area contributed by atoms with Gasteiger partial charge in [0.1, 0.15) is 6.04 Å². The van der Waals surface area contributed by atoms with Crippen molar-refractivity contribution in [2.75, 3.05) is 12.8 Å². The first-order valence-corrected chi connectivity index (χ1v) is 6.24. The summed E-state index contributed by atoms with van der Waals surface area (Å²) in [6.07, 6.45) is 0.914. The lowest BCUT2D eigenvalue weighted by atomic mass is 9.99. The van der Waals surface area contributed by atoms with Crippen LogP contribution in [0.25, 0.3) is 0 Å². The van der Waals surface area contributed by atoms with E-state index in [4.69, 9.17) is 10.5 Å². The molecule has 0 saturated carbocycles. The van der Waals surface area contributed by atoms with Gasteiger partial charge in [-0.1, -0.05) is 38.5 Å². The molecule has 1 rings (SSSR count). The molecule has 0 spiro atoms. The fraction of sp³-hybridized carbons (Fsp3) is 0.500. The summed E-state index contributed by atoms with van der Waals surface area (Å²) < 4.78 is 4.82. The zero-order valence-corrected chi connectivity index (χ0v) is 11.3. The number of hydrogen-bond donors (Lipinski definition) is 2. The molecule has 18 heavy (non-hydrogen) atoms. The molecule has 0 aliphatic rings. The third-order valence-corrected chi connectivity index (χ3v) is 3.24. The first-order chi connectivity index (χ1) is 8.60. The quantitative estimate of drug-likeness (QED) is 0.598. The molecule has 0 aliphatic heterocycles. The Bertz CT molecular complexity index is 393. The fourth-order valence-electron chi connectivity index (χ4n) is 1.79. The zero-order valence-electron chi connectivity index (χ0n) is 11.3. The maximum absolute atomic E-state index is 11.7. The van der Waals surface area contributed by atoms with Crippen LogP contribution in [0.1, 0.15) is 25.8 Å². The Morgan fingerprint density at radius 3 is 2.67 bits per heavy atom. The largest absolute Gasteiger partial charge is 0.468 e. The molecule has 0 amide bonds. The summed E-state index contributed by atoms with van der Waals surface area (Å²) in [6.45, 7) is 4.65. The van der Waals surface area contributed by atoms with Gasteiger partial charge in [-0.15, -0.1) is 0 Å². The summed E-state index contributed by atoms with van der Waals surface area (Å²) >= 11 is 0. The molecule has 0 heterocycles. The topological polar surface area (TPSA) is 64.3 Å². The van der Waals surface area contributed by atoms with Crippen LogP contribution in [0.2, 0.25) is 0 Å². The number of nitrogens with two attached hydrogens (primary N) is 1. The Balaban J connectivity index is 2.68. The van der Waals surface area contributed by atoms with E-state index in [1.54, 1.807) is 0 Å². The highest BCUT2D eigenvalue weighted by Crippen LogP contribution is 2.13. The number of carbonyl (C=O) groups excluding carboxylic acids is 1. The standard InChI is InChI=1S/C14H22N2O2/c1-4-10(2)13(14(17)18-3)16-9-11-7-5-6-8-12(11)15/h5-8,10,13,16H,4,9,15H2,1-3H3. The molecule has 4 heteroatoms. The zero-order chi connectivity index (χ0) is 13.5.